The highest BCUT2D eigenvalue weighted by Crippen LogP contribution is 2.50. The van der Waals surface area contributed by atoms with Gasteiger partial charge in [0, 0.05) is 50.6 Å². The monoisotopic (exact) mass is 770 g/mol. The molecule has 0 atom stereocenters. The molecule has 1 aliphatic heterocycles. The second-order valence-corrected chi connectivity index (χ2v) is 15.7. The first kappa shape index (κ1) is 34.8. The molecule has 1 aliphatic rings. The predicted octanol–water partition coefficient (Wildman–Crippen LogP) is 14.2. The molecule has 276 valence electrons. The number of benzene rings is 7. The lowest BCUT2D eigenvalue weighted by molar-refractivity contribution is 1.18. The van der Waals surface area contributed by atoms with E-state index in [0.717, 1.165) is 56.0 Å². The van der Waals surface area contributed by atoms with Crippen molar-refractivity contribution in [2.75, 3.05) is 0 Å². The first-order chi connectivity index (χ1) is 29.2. The van der Waals surface area contributed by atoms with Crippen LogP contribution in [0.5, 0.6) is 0 Å². The van der Waals surface area contributed by atoms with Crippen LogP contribution in [0.25, 0.3) is 100 Å². The van der Waals surface area contributed by atoms with Crippen molar-refractivity contribution >= 4 is 22.5 Å². The van der Waals surface area contributed by atoms with Gasteiger partial charge in [-0.1, -0.05) is 157 Å². The highest BCUT2D eigenvalue weighted by Gasteiger charge is 2.23. The maximum absolute atomic E-state index is 5.28. The Kier molecular flexibility index (Phi) is 8.72. The normalized spacial score (nSPS) is 11.7. The van der Waals surface area contributed by atoms with Crippen LogP contribution in [0, 0.1) is 0 Å². The summed E-state index contributed by atoms with van der Waals surface area (Å²) in [6.45, 7) is 0. The third-order valence-electron chi connectivity index (χ3n) is 11.1. The summed E-state index contributed by atoms with van der Waals surface area (Å²) in [6.07, 6.45) is 5.50. The quantitative estimate of drug-likeness (QED) is 0.178. The van der Waals surface area contributed by atoms with E-state index >= 15 is 0 Å². The van der Waals surface area contributed by atoms with Crippen LogP contribution in [-0.4, -0.2) is 19.9 Å². The minimum absolute atomic E-state index is 0.647. The van der Waals surface area contributed by atoms with Gasteiger partial charge in [-0.3, -0.25) is 9.97 Å². The van der Waals surface area contributed by atoms with E-state index in [2.05, 4.69) is 157 Å². The van der Waals surface area contributed by atoms with Gasteiger partial charge >= 0.3 is 0 Å². The van der Waals surface area contributed by atoms with Crippen molar-refractivity contribution < 1.29 is 0 Å². The first-order valence-corrected chi connectivity index (χ1v) is 20.5. The second-order valence-electron chi connectivity index (χ2n) is 14.6. The van der Waals surface area contributed by atoms with Crippen LogP contribution >= 0.6 is 11.8 Å². The van der Waals surface area contributed by atoms with Crippen molar-refractivity contribution in [3.05, 3.63) is 207 Å². The van der Waals surface area contributed by atoms with Crippen molar-refractivity contribution in [2.24, 2.45) is 0 Å². The summed E-state index contributed by atoms with van der Waals surface area (Å²) in [5, 5.41) is 2.42. The van der Waals surface area contributed by atoms with Gasteiger partial charge in [0.1, 0.15) is 0 Å². The van der Waals surface area contributed by atoms with Crippen molar-refractivity contribution in [1.29, 1.82) is 0 Å². The standard InChI is InChI=1S/C54H34N4S/c1-2-14-36(15-3-1)50-32-51(39-26-29-49(56-34-39)38-16-12-30-55-33-38)58-54(57-50)37-25-27-45-43-20-7-6-18-41(43)42-19-8-9-21-44(42)46-22-10-11-23-52(46)59-53-40-17-5-4-13-35(40)24-28-47(53)48(45)31-37/h1-34H. The second kappa shape index (κ2) is 14.8. The number of pyridine rings is 2. The molecule has 0 radical (unpaired) electrons. The van der Waals surface area contributed by atoms with E-state index in [4.69, 9.17) is 15.0 Å². The summed E-state index contributed by atoms with van der Waals surface area (Å²) in [4.78, 5) is 22.1. The molecule has 0 N–H and O–H groups in total. The maximum atomic E-state index is 5.28. The third-order valence-corrected chi connectivity index (χ3v) is 12.3. The Morgan fingerprint density at radius 3 is 1.68 bits per heavy atom. The fourth-order valence-corrected chi connectivity index (χ4v) is 9.45. The largest absolute Gasteiger partial charge is 0.264 e. The molecule has 4 heterocycles. The summed E-state index contributed by atoms with van der Waals surface area (Å²) < 4.78 is 0. The molecule has 7 aromatic carbocycles. The Morgan fingerprint density at radius 2 is 0.949 bits per heavy atom. The van der Waals surface area contributed by atoms with Gasteiger partial charge in [-0.25, -0.2) is 9.97 Å². The van der Waals surface area contributed by atoms with E-state index in [1.165, 1.54) is 48.4 Å². The van der Waals surface area contributed by atoms with E-state index < -0.39 is 0 Å². The minimum Gasteiger partial charge on any atom is -0.264 e. The average Bonchev–Trinajstić information content (AvgIpc) is 3.33. The van der Waals surface area contributed by atoms with E-state index in [0.29, 0.717) is 5.82 Å². The van der Waals surface area contributed by atoms with Crippen LogP contribution in [0.3, 0.4) is 0 Å². The van der Waals surface area contributed by atoms with E-state index in [1.54, 1.807) is 6.20 Å². The van der Waals surface area contributed by atoms with Crippen molar-refractivity contribution in [2.45, 2.75) is 9.79 Å². The molecule has 0 amide bonds. The lowest BCUT2D eigenvalue weighted by atomic mass is 9.85. The van der Waals surface area contributed by atoms with Crippen LogP contribution in [0.1, 0.15) is 0 Å². The highest BCUT2D eigenvalue weighted by molar-refractivity contribution is 7.99. The Balaban J connectivity index is 1.17. The van der Waals surface area contributed by atoms with Gasteiger partial charge in [0.05, 0.1) is 17.1 Å². The molecular formula is C54H34N4S. The van der Waals surface area contributed by atoms with E-state index in [1.807, 2.05) is 60.6 Å². The fraction of sp³-hybridized carbons (Fsp3) is 0. The summed E-state index contributed by atoms with van der Waals surface area (Å²) in [5.74, 6) is 0.647. The fourth-order valence-electron chi connectivity index (χ4n) is 8.21. The van der Waals surface area contributed by atoms with Crippen molar-refractivity contribution in [1.82, 2.24) is 19.9 Å². The molecule has 5 heteroatoms. The SMILES string of the molecule is c1ccc(-c2cc(-c3ccc(-c4cccnc4)nc3)nc(-c3ccc4c(c3)-c3ccc5ccccc5c3Sc3ccccc3-c3ccccc3-c3ccccc3-4)n2)cc1. The Labute approximate surface area is 347 Å². The number of rotatable bonds is 4. The molecule has 11 rings (SSSR count). The molecule has 0 saturated heterocycles. The first-order valence-electron chi connectivity index (χ1n) is 19.7. The number of hydrogen-bond donors (Lipinski definition) is 0. The number of fused-ring (bicyclic) bond motifs is 11. The predicted molar refractivity (Wildman–Crippen MR) is 243 cm³/mol. The molecule has 0 fully saturated rings. The van der Waals surface area contributed by atoms with Crippen LogP contribution in [0.2, 0.25) is 0 Å². The van der Waals surface area contributed by atoms with Gasteiger partial charge < -0.3 is 0 Å². The zero-order valence-electron chi connectivity index (χ0n) is 31.8. The lowest BCUT2D eigenvalue weighted by Gasteiger charge is -2.19. The van der Waals surface area contributed by atoms with E-state index in [9.17, 15) is 0 Å². The van der Waals surface area contributed by atoms with Gasteiger partial charge in [-0.05, 0) is 97.7 Å². The van der Waals surface area contributed by atoms with Crippen LogP contribution in [0.15, 0.2) is 216 Å². The molecule has 0 unspecified atom stereocenters. The molecule has 0 bridgehead atoms. The number of hydrogen-bond acceptors (Lipinski definition) is 5. The molecule has 0 saturated carbocycles. The Bertz CT molecular complexity index is 3180. The summed E-state index contributed by atoms with van der Waals surface area (Å²) in [5.41, 5.74) is 15.8. The summed E-state index contributed by atoms with van der Waals surface area (Å²) in [6, 6.07) is 66.9. The Morgan fingerprint density at radius 1 is 0.356 bits per heavy atom. The van der Waals surface area contributed by atoms with Gasteiger partial charge in [-0.15, -0.1) is 0 Å². The van der Waals surface area contributed by atoms with Gasteiger partial charge in [0.2, 0.25) is 0 Å². The average molecular weight is 771 g/mol. The summed E-state index contributed by atoms with van der Waals surface area (Å²) >= 11 is 1.84. The smallest absolute Gasteiger partial charge is 0.160 e. The molecule has 3 aromatic heterocycles. The molecule has 59 heavy (non-hydrogen) atoms. The van der Waals surface area contributed by atoms with Gasteiger partial charge in [-0.2, -0.15) is 0 Å². The van der Waals surface area contributed by atoms with Gasteiger partial charge in [0.15, 0.2) is 5.82 Å². The maximum Gasteiger partial charge on any atom is 0.160 e. The minimum atomic E-state index is 0.647. The topological polar surface area (TPSA) is 51.6 Å². The van der Waals surface area contributed by atoms with Crippen LogP contribution in [-0.2, 0) is 0 Å². The lowest BCUT2D eigenvalue weighted by Crippen LogP contribution is -1.98. The van der Waals surface area contributed by atoms with Crippen molar-refractivity contribution in [3.63, 3.8) is 0 Å². The van der Waals surface area contributed by atoms with Gasteiger partial charge in [0.25, 0.3) is 0 Å². The zero-order valence-corrected chi connectivity index (χ0v) is 32.6. The molecular weight excluding hydrogens is 737 g/mol. The molecule has 0 spiro atoms. The summed E-state index contributed by atoms with van der Waals surface area (Å²) in [7, 11) is 0. The Hall–Kier alpha value is -7.47. The number of nitrogens with zero attached hydrogens (tertiary/aromatic N) is 4. The molecule has 0 aliphatic carbocycles. The van der Waals surface area contributed by atoms with Crippen LogP contribution in [0.4, 0.5) is 0 Å². The molecule has 10 aromatic rings. The third kappa shape index (κ3) is 6.38. The zero-order chi connectivity index (χ0) is 39.1. The highest BCUT2D eigenvalue weighted by atomic mass is 32.2. The van der Waals surface area contributed by atoms with Crippen LogP contribution < -0.4 is 0 Å². The number of aromatic nitrogens is 4. The van der Waals surface area contributed by atoms with Crippen molar-refractivity contribution in [3.8, 4) is 89.7 Å². The van der Waals surface area contributed by atoms with E-state index in [-0.39, 0.29) is 0 Å². The molecule has 4 nitrogen and oxygen atoms in total.